The molecule has 5 rings (SSSR count). The fraction of sp³-hybridized carbons (Fsp3) is 0.130. The van der Waals surface area contributed by atoms with E-state index in [1.807, 2.05) is 36.6 Å². The second-order valence-electron chi connectivity index (χ2n) is 7.15. The molecule has 7 nitrogen and oxygen atoms in total. The van der Waals surface area contributed by atoms with Gasteiger partial charge in [-0.2, -0.15) is 0 Å². The number of ether oxygens (including phenoxy) is 1. The Morgan fingerprint density at radius 2 is 2.03 bits per heavy atom. The van der Waals surface area contributed by atoms with Crippen LogP contribution in [-0.4, -0.2) is 16.1 Å². The minimum atomic E-state index is -0.551. The Morgan fingerprint density at radius 3 is 2.84 bits per heavy atom. The number of nitrogens with zero attached hydrogens (tertiary/aromatic N) is 2. The van der Waals surface area contributed by atoms with Crippen LogP contribution in [0.2, 0.25) is 0 Å². The highest BCUT2D eigenvalue weighted by molar-refractivity contribution is 7.13. The first-order valence-corrected chi connectivity index (χ1v) is 10.4. The molecule has 0 N–H and O–H groups in total. The summed E-state index contributed by atoms with van der Waals surface area (Å²) in [7, 11) is 0. The van der Waals surface area contributed by atoms with Gasteiger partial charge in [0.15, 0.2) is 0 Å². The number of thiophene rings is 1. The Hall–Kier alpha value is -3.78. The maximum absolute atomic E-state index is 13.1. The Bertz CT molecular complexity index is 1500. The van der Waals surface area contributed by atoms with Gasteiger partial charge in [-0.1, -0.05) is 23.4 Å². The van der Waals surface area contributed by atoms with Crippen molar-refractivity contribution in [1.82, 2.24) is 10.1 Å². The number of aryl methyl sites for hydroxylation is 2. The number of fused-ring (bicyclic) bond motifs is 2. The van der Waals surface area contributed by atoms with Crippen LogP contribution in [0.5, 0.6) is 0 Å². The van der Waals surface area contributed by atoms with Crippen molar-refractivity contribution >= 4 is 39.4 Å². The molecule has 0 unspecified atom stereocenters. The third-order valence-electron chi connectivity index (χ3n) is 4.96. The number of hydrogen-bond acceptors (Lipinski definition) is 8. The molecule has 0 atom stereocenters. The van der Waals surface area contributed by atoms with Crippen LogP contribution < -0.4 is 5.63 Å². The lowest BCUT2D eigenvalue weighted by Gasteiger charge is -2.09. The van der Waals surface area contributed by atoms with Crippen LogP contribution in [0.3, 0.4) is 0 Å². The van der Waals surface area contributed by atoms with Gasteiger partial charge in [-0.3, -0.25) is 0 Å². The SMILES string of the molecule is Cc1ccc2c(COC(=O)c3cc(-c4cccs4)nc4onc(C)c34)cc(=O)oc2c1. The van der Waals surface area contributed by atoms with Gasteiger partial charge in [0.25, 0.3) is 5.71 Å². The van der Waals surface area contributed by atoms with E-state index in [0.717, 1.165) is 15.8 Å². The summed E-state index contributed by atoms with van der Waals surface area (Å²) in [6, 6.07) is 12.4. The van der Waals surface area contributed by atoms with Crippen molar-refractivity contribution in [3.8, 4) is 10.6 Å². The van der Waals surface area contributed by atoms with E-state index in [1.165, 1.54) is 17.4 Å². The van der Waals surface area contributed by atoms with Gasteiger partial charge in [0.2, 0.25) is 0 Å². The Balaban J connectivity index is 1.52. The van der Waals surface area contributed by atoms with Crippen molar-refractivity contribution in [3.63, 3.8) is 0 Å². The summed E-state index contributed by atoms with van der Waals surface area (Å²) >= 11 is 1.50. The van der Waals surface area contributed by atoms with Gasteiger partial charge in [0.05, 0.1) is 27.2 Å². The summed E-state index contributed by atoms with van der Waals surface area (Å²) < 4.78 is 16.2. The molecule has 0 spiro atoms. The van der Waals surface area contributed by atoms with Gasteiger partial charge in [0.1, 0.15) is 12.2 Å². The molecule has 0 amide bonds. The lowest BCUT2D eigenvalue weighted by molar-refractivity contribution is 0.0476. The van der Waals surface area contributed by atoms with Gasteiger partial charge < -0.3 is 13.7 Å². The molecule has 0 fully saturated rings. The Labute approximate surface area is 179 Å². The summed E-state index contributed by atoms with van der Waals surface area (Å²) in [5, 5.41) is 7.11. The number of hydrogen-bond donors (Lipinski definition) is 0. The largest absolute Gasteiger partial charge is 0.457 e. The average molecular weight is 432 g/mol. The first-order chi connectivity index (χ1) is 15.0. The lowest BCUT2D eigenvalue weighted by atomic mass is 10.1. The second kappa shape index (κ2) is 7.48. The summed E-state index contributed by atoms with van der Waals surface area (Å²) in [5.41, 5.74) is 3.25. The van der Waals surface area contributed by atoms with Gasteiger partial charge in [-0.05, 0) is 43.0 Å². The lowest BCUT2D eigenvalue weighted by Crippen LogP contribution is -2.09. The van der Waals surface area contributed by atoms with Crippen LogP contribution in [0, 0.1) is 13.8 Å². The summed E-state index contributed by atoms with van der Waals surface area (Å²) in [4.78, 5) is 30.4. The molecule has 0 saturated carbocycles. The molecule has 1 aromatic carbocycles. The average Bonchev–Trinajstić information content (AvgIpc) is 3.41. The number of esters is 1. The van der Waals surface area contributed by atoms with Crippen LogP contribution in [0.4, 0.5) is 0 Å². The quantitative estimate of drug-likeness (QED) is 0.290. The molecule has 0 radical (unpaired) electrons. The van der Waals surface area contributed by atoms with E-state index in [0.29, 0.717) is 33.5 Å². The molecule has 0 aliphatic heterocycles. The predicted octanol–water partition coefficient (Wildman–Crippen LogP) is 5.03. The standard InChI is InChI=1S/C23H16N2O5S/c1-12-5-6-15-14(9-20(26)29-18(15)8-12)11-28-23(27)16-10-17(19-4-3-7-31-19)24-22-21(16)13(2)25-30-22/h3-10H,11H2,1-2H3. The number of pyridine rings is 1. The molecular weight excluding hydrogens is 416 g/mol. The molecule has 154 valence electrons. The molecule has 0 aliphatic rings. The van der Waals surface area contributed by atoms with E-state index < -0.39 is 11.6 Å². The van der Waals surface area contributed by atoms with Crippen molar-refractivity contribution < 1.29 is 18.5 Å². The van der Waals surface area contributed by atoms with Crippen molar-refractivity contribution in [2.45, 2.75) is 20.5 Å². The number of aromatic nitrogens is 2. The highest BCUT2D eigenvalue weighted by Crippen LogP contribution is 2.30. The second-order valence-corrected chi connectivity index (χ2v) is 8.09. The topological polar surface area (TPSA) is 95.4 Å². The van der Waals surface area contributed by atoms with E-state index in [4.69, 9.17) is 13.7 Å². The van der Waals surface area contributed by atoms with Crippen LogP contribution in [0.15, 0.2) is 61.6 Å². The van der Waals surface area contributed by atoms with Gasteiger partial charge >= 0.3 is 11.6 Å². The molecule has 8 heteroatoms. The summed E-state index contributed by atoms with van der Waals surface area (Å²) in [6.45, 7) is 3.58. The minimum absolute atomic E-state index is 0.0769. The predicted molar refractivity (Wildman–Crippen MR) is 116 cm³/mol. The summed E-state index contributed by atoms with van der Waals surface area (Å²) in [5.74, 6) is -0.551. The highest BCUT2D eigenvalue weighted by atomic mass is 32.1. The van der Waals surface area contributed by atoms with Crippen molar-refractivity contribution in [2.75, 3.05) is 0 Å². The third kappa shape index (κ3) is 3.51. The van der Waals surface area contributed by atoms with Crippen molar-refractivity contribution in [2.24, 2.45) is 0 Å². The van der Waals surface area contributed by atoms with Crippen molar-refractivity contribution in [3.05, 3.63) is 80.6 Å². The molecule has 4 aromatic heterocycles. The number of benzene rings is 1. The molecule has 0 saturated heterocycles. The third-order valence-corrected chi connectivity index (χ3v) is 5.85. The maximum Gasteiger partial charge on any atom is 0.339 e. The first-order valence-electron chi connectivity index (χ1n) is 9.51. The van der Waals surface area contributed by atoms with Crippen LogP contribution in [-0.2, 0) is 11.3 Å². The molecule has 0 aliphatic carbocycles. The number of carbonyl (C=O) groups is 1. The van der Waals surface area contributed by atoms with Crippen LogP contribution in [0.25, 0.3) is 32.6 Å². The normalized spacial score (nSPS) is 11.3. The molecular formula is C23H16N2O5S. The molecule has 0 bridgehead atoms. The van der Waals surface area contributed by atoms with E-state index in [2.05, 4.69) is 10.1 Å². The van der Waals surface area contributed by atoms with E-state index in [9.17, 15) is 9.59 Å². The van der Waals surface area contributed by atoms with Gasteiger partial charge in [0, 0.05) is 17.0 Å². The van der Waals surface area contributed by atoms with Crippen molar-refractivity contribution in [1.29, 1.82) is 0 Å². The van der Waals surface area contributed by atoms with Crippen LogP contribution in [0.1, 0.15) is 27.2 Å². The van der Waals surface area contributed by atoms with E-state index in [1.54, 1.807) is 19.1 Å². The minimum Gasteiger partial charge on any atom is -0.457 e. The molecule has 5 aromatic rings. The smallest absolute Gasteiger partial charge is 0.339 e. The summed E-state index contributed by atoms with van der Waals surface area (Å²) in [6.07, 6.45) is 0. The monoisotopic (exact) mass is 432 g/mol. The van der Waals surface area contributed by atoms with Crippen LogP contribution >= 0.6 is 11.3 Å². The van der Waals surface area contributed by atoms with E-state index in [-0.39, 0.29) is 12.3 Å². The fourth-order valence-corrected chi connectivity index (χ4v) is 4.17. The molecule has 31 heavy (non-hydrogen) atoms. The zero-order chi connectivity index (χ0) is 21.5. The highest BCUT2D eigenvalue weighted by Gasteiger charge is 2.21. The fourth-order valence-electron chi connectivity index (χ4n) is 3.48. The zero-order valence-electron chi connectivity index (χ0n) is 16.7. The maximum atomic E-state index is 13.1. The number of carbonyl (C=O) groups excluding carboxylic acids is 1. The Kier molecular flexibility index (Phi) is 4.63. The Morgan fingerprint density at radius 1 is 1.16 bits per heavy atom. The molecule has 4 heterocycles. The zero-order valence-corrected chi connectivity index (χ0v) is 17.5. The van der Waals surface area contributed by atoms with Gasteiger partial charge in [-0.25, -0.2) is 14.6 Å². The number of rotatable bonds is 4. The van der Waals surface area contributed by atoms with Gasteiger partial charge in [-0.15, -0.1) is 11.3 Å². The van der Waals surface area contributed by atoms with E-state index >= 15 is 0 Å². The first kappa shape index (κ1) is 19.2.